The lowest BCUT2D eigenvalue weighted by atomic mass is 10.1. The minimum atomic E-state index is -1.16. The van der Waals surface area contributed by atoms with E-state index in [1.54, 1.807) is 23.0 Å². The maximum Gasteiger partial charge on any atom is 0.410 e. The summed E-state index contributed by atoms with van der Waals surface area (Å²) in [5, 5.41) is 28.6. The molecule has 0 aliphatic rings. The summed E-state index contributed by atoms with van der Waals surface area (Å²) in [5.41, 5.74) is 0.769. The van der Waals surface area contributed by atoms with E-state index in [0.29, 0.717) is 18.2 Å². The third kappa shape index (κ3) is 2.97. The zero-order valence-electron chi connectivity index (χ0n) is 11.3. The molecule has 20 heavy (non-hydrogen) atoms. The molecule has 3 N–H and O–H groups in total. The van der Waals surface area contributed by atoms with Crippen molar-refractivity contribution in [1.29, 1.82) is 0 Å². The predicted octanol–water partition coefficient (Wildman–Crippen LogP) is 1.27. The number of anilines is 1. The van der Waals surface area contributed by atoms with E-state index in [-0.39, 0.29) is 12.5 Å². The highest BCUT2D eigenvalue weighted by atomic mass is 16.4. The van der Waals surface area contributed by atoms with Crippen LogP contribution in [0, 0.1) is 0 Å². The first-order valence-corrected chi connectivity index (χ1v) is 6.26. The molecule has 8 heteroatoms. The van der Waals surface area contributed by atoms with Gasteiger partial charge in [0.15, 0.2) is 5.82 Å². The monoisotopic (exact) mass is 279 g/mol. The van der Waals surface area contributed by atoms with E-state index in [4.69, 9.17) is 10.2 Å². The molecule has 0 aliphatic carbocycles. The fourth-order valence-electron chi connectivity index (χ4n) is 1.75. The molecule has 1 amide bonds. The molecule has 0 bridgehead atoms. The number of hydrogen-bond acceptors (Lipinski definition) is 4. The van der Waals surface area contributed by atoms with Gasteiger partial charge in [0.25, 0.3) is 0 Å². The van der Waals surface area contributed by atoms with E-state index in [9.17, 15) is 4.79 Å². The number of nitrogens with one attached hydrogen (secondary N) is 1. The number of aromatic nitrogens is 4. The topological polar surface area (TPSA) is 105 Å². The Hall–Kier alpha value is -2.35. The SMILES string of the molecule is CC(C)c1cc(NC(=O)O)n(-c2ccn(CCO)n2)n1. The zero-order valence-corrected chi connectivity index (χ0v) is 11.3. The number of nitrogens with zero attached hydrogens (tertiary/aromatic N) is 4. The Bertz CT molecular complexity index is 602. The van der Waals surface area contributed by atoms with Gasteiger partial charge in [0, 0.05) is 18.3 Å². The quantitative estimate of drug-likeness (QED) is 0.764. The number of hydrogen-bond donors (Lipinski definition) is 3. The molecule has 0 aliphatic heterocycles. The molecule has 0 radical (unpaired) electrons. The van der Waals surface area contributed by atoms with Crippen LogP contribution in [0.2, 0.25) is 0 Å². The van der Waals surface area contributed by atoms with Gasteiger partial charge in [0.05, 0.1) is 18.8 Å². The number of amides is 1. The fourth-order valence-corrected chi connectivity index (χ4v) is 1.75. The molecule has 0 unspecified atom stereocenters. The highest BCUT2D eigenvalue weighted by Gasteiger charge is 2.15. The normalized spacial score (nSPS) is 11.0. The third-order valence-electron chi connectivity index (χ3n) is 2.73. The maximum absolute atomic E-state index is 10.8. The number of rotatable bonds is 5. The summed E-state index contributed by atoms with van der Waals surface area (Å²) in [4.78, 5) is 10.8. The lowest BCUT2D eigenvalue weighted by molar-refractivity contribution is 0.209. The Morgan fingerprint density at radius 2 is 2.20 bits per heavy atom. The number of carboxylic acid groups (broad SMARTS) is 1. The van der Waals surface area contributed by atoms with Gasteiger partial charge in [-0.05, 0) is 5.92 Å². The number of aliphatic hydroxyl groups is 1. The van der Waals surface area contributed by atoms with E-state index in [1.165, 1.54) is 4.68 Å². The highest BCUT2D eigenvalue weighted by molar-refractivity contribution is 5.82. The van der Waals surface area contributed by atoms with Crippen molar-refractivity contribution in [2.24, 2.45) is 0 Å². The van der Waals surface area contributed by atoms with E-state index in [1.807, 2.05) is 13.8 Å². The van der Waals surface area contributed by atoms with Gasteiger partial charge >= 0.3 is 6.09 Å². The smallest absolute Gasteiger partial charge is 0.410 e. The van der Waals surface area contributed by atoms with E-state index >= 15 is 0 Å². The van der Waals surface area contributed by atoms with Gasteiger partial charge in [0.2, 0.25) is 0 Å². The van der Waals surface area contributed by atoms with Crippen LogP contribution in [0.4, 0.5) is 10.6 Å². The van der Waals surface area contributed by atoms with Crippen LogP contribution in [0.15, 0.2) is 18.3 Å². The minimum absolute atomic E-state index is 0.0162. The van der Waals surface area contributed by atoms with Gasteiger partial charge in [-0.2, -0.15) is 14.9 Å². The molecular weight excluding hydrogens is 262 g/mol. The standard InChI is InChI=1S/C12H17N5O3/c1-8(2)9-7-11(13-12(19)20)17(14-9)10-3-4-16(15-10)5-6-18/h3-4,7-8,13,18H,5-6H2,1-2H3,(H,19,20). The van der Waals surface area contributed by atoms with Crippen molar-refractivity contribution < 1.29 is 15.0 Å². The Morgan fingerprint density at radius 3 is 2.80 bits per heavy atom. The summed E-state index contributed by atoms with van der Waals surface area (Å²) in [5.74, 6) is 1.01. The molecule has 0 fully saturated rings. The van der Waals surface area contributed by atoms with Crippen molar-refractivity contribution in [3.8, 4) is 5.82 Å². The molecule has 8 nitrogen and oxygen atoms in total. The molecule has 0 aromatic carbocycles. The molecule has 0 saturated carbocycles. The molecule has 108 valence electrons. The third-order valence-corrected chi connectivity index (χ3v) is 2.73. The van der Waals surface area contributed by atoms with Crippen molar-refractivity contribution >= 4 is 11.9 Å². The van der Waals surface area contributed by atoms with Crippen LogP contribution in [0.3, 0.4) is 0 Å². The Labute approximate surface area is 115 Å². The summed E-state index contributed by atoms with van der Waals surface area (Å²) in [6, 6.07) is 3.39. The van der Waals surface area contributed by atoms with E-state index < -0.39 is 6.09 Å². The number of aliphatic hydroxyl groups excluding tert-OH is 1. The van der Waals surface area contributed by atoms with E-state index in [2.05, 4.69) is 15.5 Å². The number of carbonyl (C=O) groups is 1. The largest absolute Gasteiger partial charge is 0.465 e. The Morgan fingerprint density at radius 1 is 1.45 bits per heavy atom. The molecule has 0 saturated heterocycles. The first kappa shape index (κ1) is 14.1. The van der Waals surface area contributed by atoms with Crippen LogP contribution < -0.4 is 5.32 Å². The van der Waals surface area contributed by atoms with Crippen molar-refractivity contribution in [3.05, 3.63) is 24.0 Å². The van der Waals surface area contributed by atoms with E-state index in [0.717, 1.165) is 5.69 Å². The second-order valence-corrected chi connectivity index (χ2v) is 4.61. The Balaban J connectivity index is 2.38. The minimum Gasteiger partial charge on any atom is -0.465 e. The lowest BCUT2D eigenvalue weighted by Gasteiger charge is -2.03. The molecule has 0 atom stereocenters. The Kier molecular flexibility index (Phi) is 4.04. The van der Waals surface area contributed by atoms with Crippen LogP contribution in [0.25, 0.3) is 5.82 Å². The van der Waals surface area contributed by atoms with Gasteiger partial charge in [-0.25, -0.2) is 4.79 Å². The zero-order chi connectivity index (χ0) is 14.7. The van der Waals surface area contributed by atoms with Gasteiger partial charge in [-0.3, -0.25) is 10.00 Å². The summed E-state index contributed by atoms with van der Waals surface area (Å²) >= 11 is 0. The first-order valence-electron chi connectivity index (χ1n) is 6.26. The predicted molar refractivity (Wildman–Crippen MR) is 72.2 cm³/mol. The average Bonchev–Trinajstić information content (AvgIpc) is 2.95. The maximum atomic E-state index is 10.8. The molecule has 2 aromatic rings. The summed E-state index contributed by atoms with van der Waals surface area (Å²) in [6.45, 7) is 4.31. The molecular formula is C12H17N5O3. The molecule has 2 aromatic heterocycles. The molecule has 0 spiro atoms. The lowest BCUT2D eigenvalue weighted by Crippen LogP contribution is -2.12. The highest BCUT2D eigenvalue weighted by Crippen LogP contribution is 2.21. The van der Waals surface area contributed by atoms with Crippen LogP contribution in [-0.4, -0.2) is 42.5 Å². The summed E-state index contributed by atoms with van der Waals surface area (Å²) in [7, 11) is 0. The van der Waals surface area contributed by atoms with Crippen molar-refractivity contribution in [3.63, 3.8) is 0 Å². The summed E-state index contributed by atoms with van der Waals surface area (Å²) in [6.07, 6.45) is 0.545. The van der Waals surface area contributed by atoms with Crippen LogP contribution in [-0.2, 0) is 6.54 Å². The van der Waals surface area contributed by atoms with Crippen LogP contribution >= 0.6 is 0 Å². The fraction of sp³-hybridized carbons (Fsp3) is 0.417. The second kappa shape index (κ2) is 5.74. The van der Waals surface area contributed by atoms with Crippen LogP contribution in [0.1, 0.15) is 25.5 Å². The van der Waals surface area contributed by atoms with Gasteiger partial charge < -0.3 is 10.2 Å². The van der Waals surface area contributed by atoms with Gasteiger partial charge in [0.1, 0.15) is 5.82 Å². The molecule has 2 rings (SSSR count). The van der Waals surface area contributed by atoms with Gasteiger partial charge in [-0.1, -0.05) is 13.8 Å². The second-order valence-electron chi connectivity index (χ2n) is 4.61. The first-order chi connectivity index (χ1) is 9.51. The van der Waals surface area contributed by atoms with Gasteiger partial charge in [-0.15, -0.1) is 0 Å². The average molecular weight is 279 g/mol. The van der Waals surface area contributed by atoms with Crippen molar-refractivity contribution in [2.75, 3.05) is 11.9 Å². The van der Waals surface area contributed by atoms with Crippen LogP contribution in [0.5, 0.6) is 0 Å². The molecule has 2 heterocycles. The van der Waals surface area contributed by atoms with Crippen molar-refractivity contribution in [1.82, 2.24) is 19.6 Å². The summed E-state index contributed by atoms with van der Waals surface area (Å²) < 4.78 is 3.01. The van der Waals surface area contributed by atoms with Crippen molar-refractivity contribution in [2.45, 2.75) is 26.3 Å².